The zero-order chi connectivity index (χ0) is 22.6. The SMILES string of the molecule is CSc1cccc2sc(N(Cc3ccco3)C(=O)C(c3ccccc3)c3ccccc3)nc12. The Morgan fingerprint density at radius 1 is 0.939 bits per heavy atom. The summed E-state index contributed by atoms with van der Waals surface area (Å²) in [6.07, 6.45) is 3.68. The maximum atomic E-state index is 14.2. The summed E-state index contributed by atoms with van der Waals surface area (Å²) in [6, 6.07) is 29.7. The van der Waals surface area contributed by atoms with Crippen molar-refractivity contribution in [3.8, 4) is 0 Å². The minimum Gasteiger partial charge on any atom is -0.467 e. The van der Waals surface area contributed by atoms with Crippen LogP contribution < -0.4 is 4.90 Å². The number of hydrogen-bond acceptors (Lipinski definition) is 5. The molecule has 5 aromatic rings. The first-order chi connectivity index (χ1) is 16.2. The van der Waals surface area contributed by atoms with Gasteiger partial charge in [0.05, 0.1) is 28.9 Å². The minimum atomic E-state index is -0.450. The standard InChI is InChI=1S/C27H22N2O2S2/c1-32-22-15-8-16-23-25(22)28-27(33-23)29(18-21-14-9-17-31-21)26(30)24(19-10-4-2-5-11-19)20-12-6-3-7-13-20/h2-17,24H,18H2,1H3. The van der Waals surface area contributed by atoms with E-state index in [9.17, 15) is 4.79 Å². The molecule has 0 saturated heterocycles. The number of nitrogens with zero attached hydrogens (tertiary/aromatic N) is 2. The van der Waals surface area contributed by atoms with E-state index in [0.29, 0.717) is 17.4 Å². The van der Waals surface area contributed by atoms with Crippen LogP contribution in [0.1, 0.15) is 22.8 Å². The molecule has 0 aliphatic rings. The predicted octanol–water partition coefficient (Wildman–Crippen LogP) is 6.98. The van der Waals surface area contributed by atoms with Crippen molar-refractivity contribution in [2.75, 3.05) is 11.2 Å². The molecule has 164 valence electrons. The number of fused-ring (bicyclic) bond motifs is 1. The van der Waals surface area contributed by atoms with Crippen LogP contribution in [0.3, 0.4) is 0 Å². The summed E-state index contributed by atoms with van der Waals surface area (Å²) in [7, 11) is 0. The third-order valence-corrected chi connectivity index (χ3v) is 7.31. The number of para-hydroxylation sites is 1. The Hall–Kier alpha value is -3.35. The third kappa shape index (κ3) is 4.45. The monoisotopic (exact) mass is 470 g/mol. The second kappa shape index (κ2) is 9.65. The van der Waals surface area contributed by atoms with Crippen molar-refractivity contribution in [1.82, 2.24) is 4.98 Å². The minimum absolute atomic E-state index is 0.0337. The third-order valence-electron chi connectivity index (χ3n) is 5.49. The van der Waals surface area contributed by atoms with Crippen molar-refractivity contribution >= 4 is 44.4 Å². The van der Waals surface area contributed by atoms with Gasteiger partial charge in [0.1, 0.15) is 5.76 Å². The maximum Gasteiger partial charge on any atom is 0.241 e. The van der Waals surface area contributed by atoms with Crippen molar-refractivity contribution < 1.29 is 9.21 Å². The Balaban J connectivity index is 1.63. The van der Waals surface area contributed by atoms with E-state index in [1.165, 1.54) is 11.3 Å². The largest absolute Gasteiger partial charge is 0.467 e. The maximum absolute atomic E-state index is 14.2. The molecular formula is C27H22N2O2S2. The molecule has 0 bridgehead atoms. The van der Waals surface area contributed by atoms with Crippen molar-refractivity contribution in [2.45, 2.75) is 17.4 Å². The molecule has 3 aromatic carbocycles. The highest BCUT2D eigenvalue weighted by atomic mass is 32.2. The summed E-state index contributed by atoms with van der Waals surface area (Å²) < 4.78 is 6.68. The Morgan fingerprint density at radius 2 is 1.64 bits per heavy atom. The number of hydrogen-bond donors (Lipinski definition) is 0. The number of aromatic nitrogens is 1. The lowest BCUT2D eigenvalue weighted by atomic mass is 9.90. The van der Waals surface area contributed by atoms with Crippen molar-refractivity contribution in [1.29, 1.82) is 0 Å². The number of anilines is 1. The number of benzene rings is 3. The van der Waals surface area contributed by atoms with Gasteiger partial charge in [0, 0.05) is 4.90 Å². The second-order valence-electron chi connectivity index (χ2n) is 7.56. The van der Waals surface area contributed by atoms with Crippen molar-refractivity contribution in [2.24, 2.45) is 0 Å². The highest BCUT2D eigenvalue weighted by molar-refractivity contribution is 7.98. The van der Waals surface area contributed by atoms with Gasteiger partial charge in [-0.25, -0.2) is 4.98 Å². The molecule has 4 nitrogen and oxygen atoms in total. The molecule has 2 aromatic heterocycles. The molecule has 0 unspecified atom stereocenters. The van der Waals surface area contributed by atoms with E-state index >= 15 is 0 Å². The van der Waals surface area contributed by atoms with Gasteiger partial charge in [0.2, 0.25) is 5.91 Å². The predicted molar refractivity (Wildman–Crippen MR) is 136 cm³/mol. The number of rotatable bonds is 7. The smallest absolute Gasteiger partial charge is 0.241 e. The molecule has 0 aliphatic heterocycles. The van der Waals surface area contributed by atoms with E-state index in [1.54, 1.807) is 22.9 Å². The fourth-order valence-corrected chi connectivity index (χ4v) is 5.54. The molecule has 0 N–H and O–H groups in total. The molecule has 0 saturated carbocycles. The molecule has 33 heavy (non-hydrogen) atoms. The second-order valence-corrected chi connectivity index (χ2v) is 9.42. The lowest BCUT2D eigenvalue weighted by Gasteiger charge is -2.25. The van der Waals surface area contributed by atoms with E-state index in [2.05, 4.69) is 12.1 Å². The van der Waals surface area contributed by atoms with E-state index in [0.717, 1.165) is 26.2 Å². The summed E-state index contributed by atoms with van der Waals surface area (Å²) in [5, 5.41) is 0.671. The average Bonchev–Trinajstić information content (AvgIpc) is 3.53. The van der Waals surface area contributed by atoms with Crippen LogP contribution in [0, 0.1) is 0 Å². The summed E-state index contributed by atoms with van der Waals surface area (Å²) >= 11 is 3.19. The Labute approximate surface area is 200 Å². The molecule has 6 heteroatoms. The molecular weight excluding hydrogens is 448 g/mol. The van der Waals surface area contributed by atoms with Crippen LogP contribution >= 0.6 is 23.1 Å². The first-order valence-electron chi connectivity index (χ1n) is 10.6. The molecule has 5 rings (SSSR count). The quantitative estimate of drug-likeness (QED) is 0.241. The molecule has 0 spiro atoms. The fourth-order valence-electron chi connectivity index (χ4n) is 3.91. The summed E-state index contributed by atoms with van der Waals surface area (Å²) in [5.41, 5.74) is 2.83. The van der Waals surface area contributed by atoms with Crippen LogP contribution in [-0.2, 0) is 11.3 Å². The normalized spacial score (nSPS) is 11.2. The van der Waals surface area contributed by atoms with Crippen LogP contribution in [0.15, 0.2) is 107 Å². The zero-order valence-corrected chi connectivity index (χ0v) is 19.7. The van der Waals surface area contributed by atoms with E-state index in [4.69, 9.17) is 9.40 Å². The fraction of sp³-hybridized carbons (Fsp3) is 0.111. The Morgan fingerprint density at radius 3 is 2.24 bits per heavy atom. The van der Waals surface area contributed by atoms with Gasteiger partial charge in [-0.1, -0.05) is 78.1 Å². The summed E-state index contributed by atoms with van der Waals surface area (Å²) in [5.74, 6) is 0.232. The van der Waals surface area contributed by atoms with Gasteiger partial charge >= 0.3 is 0 Å². The van der Waals surface area contributed by atoms with Crippen LogP contribution in [0.5, 0.6) is 0 Å². The van der Waals surface area contributed by atoms with Gasteiger partial charge in [0.15, 0.2) is 5.13 Å². The number of furan rings is 1. The van der Waals surface area contributed by atoms with Gasteiger partial charge < -0.3 is 4.42 Å². The highest BCUT2D eigenvalue weighted by Crippen LogP contribution is 2.37. The molecule has 1 amide bonds. The van der Waals surface area contributed by atoms with Crippen LogP contribution in [-0.4, -0.2) is 17.1 Å². The van der Waals surface area contributed by atoms with Crippen LogP contribution in [0.2, 0.25) is 0 Å². The molecule has 0 aliphatic carbocycles. The highest BCUT2D eigenvalue weighted by Gasteiger charge is 2.31. The van der Waals surface area contributed by atoms with Crippen molar-refractivity contribution in [3.63, 3.8) is 0 Å². The van der Waals surface area contributed by atoms with Gasteiger partial charge in [-0.15, -0.1) is 11.8 Å². The van der Waals surface area contributed by atoms with Gasteiger partial charge in [0.25, 0.3) is 0 Å². The Kier molecular flexibility index (Phi) is 6.28. The number of carbonyl (C=O) groups excluding carboxylic acids is 1. The number of thioether (sulfide) groups is 1. The van der Waals surface area contributed by atoms with Crippen molar-refractivity contribution in [3.05, 3.63) is 114 Å². The number of carbonyl (C=O) groups is 1. The molecule has 2 heterocycles. The van der Waals surface area contributed by atoms with Crippen LogP contribution in [0.25, 0.3) is 10.2 Å². The van der Waals surface area contributed by atoms with E-state index in [-0.39, 0.29) is 5.91 Å². The van der Waals surface area contributed by atoms with E-state index in [1.807, 2.05) is 85.1 Å². The average molecular weight is 471 g/mol. The zero-order valence-electron chi connectivity index (χ0n) is 18.0. The summed E-state index contributed by atoms with van der Waals surface area (Å²) in [6.45, 7) is 0.316. The van der Waals surface area contributed by atoms with Crippen LogP contribution in [0.4, 0.5) is 5.13 Å². The topological polar surface area (TPSA) is 46.3 Å². The van der Waals surface area contributed by atoms with E-state index < -0.39 is 5.92 Å². The molecule has 0 radical (unpaired) electrons. The first-order valence-corrected chi connectivity index (χ1v) is 12.7. The lowest BCUT2D eigenvalue weighted by molar-refractivity contribution is -0.119. The van der Waals surface area contributed by atoms with Gasteiger partial charge in [-0.3, -0.25) is 9.69 Å². The lowest BCUT2D eigenvalue weighted by Crippen LogP contribution is -2.35. The number of amides is 1. The number of thiazole rings is 1. The molecule has 0 atom stereocenters. The van der Waals surface area contributed by atoms with Gasteiger partial charge in [-0.2, -0.15) is 0 Å². The Bertz CT molecular complexity index is 1310. The van der Waals surface area contributed by atoms with Gasteiger partial charge in [-0.05, 0) is 41.6 Å². The summed E-state index contributed by atoms with van der Waals surface area (Å²) in [4.78, 5) is 22.0. The molecule has 0 fully saturated rings. The first kappa shape index (κ1) is 21.5.